The molecular formula is C25H40N4O2. The van der Waals surface area contributed by atoms with E-state index in [9.17, 15) is 9.59 Å². The second kappa shape index (κ2) is 9.29. The molecule has 6 nitrogen and oxygen atoms in total. The molecule has 172 valence electrons. The van der Waals surface area contributed by atoms with E-state index < -0.39 is 0 Å². The minimum absolute atomic E-state index is 0.00549. The average Bonchev–Trinajstić information content (AvgIpc) is 3.44. The molecule has 0 bridgehead atoms. The van der Waals surface area contributed by atoms with Gasteiger partial charge in [-0.2, -0.15) is 0 Å². The van der Waals surface area contributed by atoms with E-state index in [-0.39, 0.29) is 28.9 Å². The molecule has 1 aliphatic heterocycles. The van der Waals surface area contributed by atoms with E-state index >= 15 is 0 Å². The van der Waals surface area contributed by atoms with Gasteiger partial charge in [-0.1, -0.05) is 18.2 Å². The van der Waals surface area contributed by atoms with Crippen molar-refractivity contribution in [3.63, 3.8) is 0 Å². The Balaban J connectivity index is 1.50. The summed E-state index contributed by atoms with van der Waals surface area (Å²) in [4.78, 5) is 27.6. The number of hydrogen-bond acceptors (Lipinski definition) is 4. The first-order chi connectivity index (χ1) is 14.4. The first kappa shape index (κ1) is 23.7. The molecule has 0 spiro atoms. The molecule has 2 aliphatic rings. The van der Waals surface area contributed by atoms with Gasteiger partial charge in [-0.3, -0.25) is 14.5 Å². The lowest BCUT2D eigenvalue weighted by Gasteiger charge is -2.46. The lowest BCUT2D eigenvalue weighted by Crippen LogP contribution is -2.62. The normalized spacial score (nSPS) is 20.5. The van der Waals surface area contributed by atoms with Crippen LogP contribution in [0.25, 0.3) is 0 Å². The third-order valence-corrected chi connectivity index (χ3v) is 6.34. The lowest BCUT2D eigenvalue weighted by molar-refractivity contribution is -0.123. The minimum atomic E-state index is -0.00781. The van der Waals surface area contributed by atoms with E-state index in [1.54, 1.807) is 0 Å². The maximum Gasteiger partial charge on any atom is 0.238 e. The van der Waals surface area contributed by atoms with Gasteiger partial charge in [0, 0.05) is 41.8 Å². The minimum Gasteiger partial charge on any atom is -0.353 e. The number of hydrogen-bond donors (Lipinski definition) is 3. The molecule has 0 atom stereocenters. The van der Waals surface area contributed by atoms with Crippen molar-refractivity contribution >= 4 is 17.5 Å². The van der Waals surface area contributed by atoms with E-state index in [4.69, 9.17) is 0 Å². The van der Waals surface area contributed by atoms with Gasteiger partial charge >= 0.3 is 0 Å². The van der Waals surface area contributed by atoms with Crippen LogP contribution in [0.15, 0.2) is 18.2 Å². The third kappa shape index (κ3) is 7.04. The zero-order valence-electron chi connectivity index (χ0n) is 20.1. The Labute approximate surface area is 187 Å². The summed E-state index contributed by atoms with van der Waals surface area (Å²) in [5.74, 6) is 0.0749. The Kier molecular flexibility index (Phi) is 7.11. The second-order valence-corrected chi connectivity index (χ2v) is 10.8. The van der Waals surface area contributed by atoms with E-state index in [1.165, 1.54) is 0 Å². The Morgan fingerprint density at radius 3 is 2.16 bits per heavy atom. The van der Waals surface area contributed by atoms with Crippen LogP contribution >= 0.6 is 0 Å². The highest BCUT2D eigenvalue weighted by Gasteiger charge is 2.38. The molecule has 1 aromatic rings. The van der Waals surface area contributed by atoms with E-state index in [0.29, 0.717) is 25.6 Å². The predicted molar refractivity (Wildman–Crippen MR) is 126 cm³/mol. The molecule has 0 unspecified atom stereocenters. The van der Waals surface area contributed by atoms with Crippen LogP contribution in [0.3, 0.4) is 0 Å². The molecule has 1 aromatic carbocycles. The molecule has 2 amide bonds. The molecule has 1 aliphatic carbocycles. The summed E-state index contributed by atoms with van der Waals surface area (Å²) in [6.45, 7) is 13.7. The van der Waals surface area contributed by atoms with E-state index in [1.807, 2.05) is 32.0 Å². The van der Waals surface area contributed by atoms with E-state index in [0.717, 1.165) is 42.5 Å². The van der Waals surface area contributed by atoms with Crippen LogP contribution in [0.2, 0.25) is 0 Å². The SMILES string of the molecule is Cc1cccc(C)c1NC(=O)CN(CCC(=O)NC1CC(C)(C)NC(C)(C)C1)C1CC1. The highest BCUT2D eigenvalue weighted by atomic mass is 16.2. The maximum absolute atomic E-state index is 12.7. The first-order valence-electron chi connectivity index (χ1n) is 11.6. The number of aryl methyl sites for hydroxylation is 2. The van der Waals surface area contributed by atoms with Crippen LogP contribution in [0, 0.1) is 13.8 Å². The molecule has 6 heteroatoms. The Morgan fingerprint density at radius 1 is 1.03 bits per heavy atom. The van der Waals surface area contributed by atoms with Gasteiger partial charge in [0.05, 0.1) is 6.54 Å². The Hall–Kier alpha value is -1.92. The molecule has 31 heavy (non-hydrogen) atoms. The van der Waals surface area contributed by atoms with Gasteiger partial charge in [0.15, 0.2) is 0 Å². The predicted octanol–water partition coefficient (Wildman–Crippen LogP) is 3.52. The fourth-order valence-corrected chi connectivity index (χ4v) is 5.17. The van der Waals surface area contributed by atoms with Crippen molar-refractivity contribution in [2.75, 3.05) is 18.4 Å². The standard InChI is InChI=1S/C25H40N4O2/c1-17-8-7-9-18(2)23(17)27-22(31)16-29(20-10-11-20)13-12-21(30)26-19-14-24(3,4)28-25(5,6)15-19/h7-9,19-20,28H,10-16H2,1-6H3,(H,26,30)(H,27,31). The molecule has 3 N–H and O–H groups in total. The summed E-state index contributed by atoms with van der Waals surface area (Å²) in [5.41, 5.74) is 3.05. The monoisotopic (exact) mass is 428 g/mol. The van der Waals surface area contributed by atoms with E-state index in [2.05, 4.69) is 48.5 Å². The largest absolute Gasteiger partial charge is 0.353 e. The van der Waals surface area contributed by atoms with Gasteiger partial charge in [-0.15, -0.1) is 0 Å². The quantitative estimate of drug-likeness (QED) is 0.592. The molecule has 3 rings (SSSR count). The first-order valence-corrected chi connectivity index (χ1v) is 11.6. The van der Waals surface area contributed by atoms with Gasteiger partial charge in [-0.25, -0.2) is 0 Å². The molecule has 0 aromatic heterocycles. The summed E-state index contributed by atoms with van der Waals surface area (Å²) in [5, 5.41) is 9.98. The molecular weight excluding hydrogens is 388 g/mol. The Morgan fingerprint density at radius 2 is 1.61 bits per heavy atom. The Bertz CT molecular complexity index is 777. The summed E-state index contributed by atoms with van der Waals surface area (Å²) >= 11 is 0. The van der Waals surface area contributed by atoms with Crippen molar-refractivity contribution < 1.29 is 9.59 Å². The van der Waals surface area contributed by atoms with Crippen LogP contribution in [0.1, 0.15) is 70.9 Å². The van der Waals surface area contributed by atoms with Crippen molar-refractivity contribution in [2.45, 2.75) is 96.8 Å². The summed E-state index contributed by atoms with van der Waals surface area (Å²) < 4.78 is 0. The number of benzene rings is 1. The van der Waals surface area contributed by atoms with Crippen LogP contribution < -0.4 is 16.0 Å². The van der Waals surface area contributed by atoms with Crippen molar-refractivity contribution in [3.05, 3.63) is 29.3 Å². The molecule has 0 radical (unpaired) electrons. The molecule has 1 saturated heterocycles. The van der Waals surface area contributed by atoms with Gasteiger partial charge in [0.25, 0.3) is 0 Å². The number of nitrogens with zero attached hydrogens (tertiary/aromatic N) is 1. The molecule has 1 saturated carbocycles. The number of anilines is 1. The fourth-order valence-electron chi connectivity index (χ4n) is 5.17. The molecule has 2 fully saturated rings. The number of rotatable bonds is 8. The van der Waals surface area contributed by atoms with Crippen molar-refractivity contribution in [2.24, 2.45) is 0 Å². The number of carbonyl (C=O) groups is 2. The van der Waals surface area contributed by atoms with Crippen LogP contribution in [-0.4, -0.2) is 53.0 Å². The average molecular weight is 429 g/mol. The summed E-state index contributed by atoms with van der Waals surface area (Å²) in [6.07, 6.45) is 4.49. The fraction of sp³-hybridized carbons (Fsp3) is 0.680. The highest BCUT2D eigenvalue weighted by molar-refractivity contribution is 5.93. The van der Waals surface area contributed by atoms with Gasteiger partial charge in [-0.05, 0) is 78.4 Å². The summed E-state index contributed by atoms with van der Waals surface area (Å²) in [7, 11) is 0. The number of amides is 2. The topological polar surface area (TPSA) is 73.5 Å². The smallest absolute Gasteiger partial charge is 0.238 e. The van der Waals surface area contributed by atoms with Crippen LogP contribution in [0.4, 0.5) is 5.69 Å². The van der Waals surface area contributed by atoms with Gasteiger partial charge in [0.2, 0.25) is 11.8 Å². The van der Waals surface area contributed by atoms with Crippen molar-refractivity contribution in [3.8, 4) is 0 Å². The zero-order chi connectivity index (χ0) is 22.8. The summed E-state index contributed by atoms with van der Waals surface area (Å²) in [6, 6.07) is 6.62. The zero-order valence-corrected chi connectivity index (χ0v) is 20.1. The lowest BCUT2D eigenvalue weighted by atomic mass is 9.79. The number of carbonyl (C=O) groups excluding carboxylic acids is 2. The van der Waals surface area contributed by atoms with Crippen molar-refractivity contribution in [1.29, 1.82) is 0 Å². The van der Waals surface area contributed by atoms with Gasteiger partial charge < -0.3 is 16.0 Å². The number of nitrogens with one attached hydrogen (secondary N) is 3. The molecule has 1 heterocycles. The van der Waals surface area contributed by atoms with Crippen LogP contribution in [-0.2, 0) is 9.59 Å². The highest BCUT2D eigenvalue weighted by Crippen LogP contribution is 2.29. The maximum atomic E-state index is 12.7. The van der Waals surface area contributed by atoms with Crippen LogP contribution in [0.5, 0.6) is 0 Å². The third-order valence-electron chi connectivity index (χ3n) is 6.34. The van der Waals surface area contributed by atoms with Gasteiger partial charge in [0.1, 0.15) is 0 Å². The number of piperidine rings is 1. The number of para-hydroxylation sites is 1. The van der Waals surface area contributed by atoms with Crippen molar-refractivity contribution in [1.82, 2.24) is 15.5 Å². The second-order valence-electron chi connectivity index (χ2n) is 10.8.